The van der Waals surface area contributed by atoms with Gasteiger partial charge in [-0.2, -0.15) is 4.31 Å². The van der Waals surface area contributed by atoms with Crippen LogP contribution >= 0.6 is 22.9 Å². The lowest BCUT2D eigenvalue weighted by atomic mass is 10.1. The highest BCUT2D eigenvalue weighted by Gasteiger charge is 2.28. The number of hydrogen-bond donors (Lipinski definition) is 1. The summed E-state index contributed by atoms with van der Waals surface area (Å²) in [5.41, 5.74) is 1.63. The number of carbonyl (C=O) groups excluding carboxylic acids is 1. The van der Waals surface area contributed by atoms with Crippen molar-refractivity contribution >= 4 is 44.6 Å². The first-order valence-electron chi connectivity index (χ1n) is 9.31. The smallest absolute Gasteiger partial charge is 0.255 e. The van der Waals surface area contributed by atoms with Crippen molar-refractivity contribution in [2.45, 2.75) is 17.1 Å². The molecule has 0 aliphatic carbocycles. The first-order chi connectivity index (χ1) is 14.3. The van der Waals surface area contributed by atoms with Crippen LogP contribution in [0.4, 0.5) is 10.1 Å². The molecule has 30 heavy (non-hydrogen) atoms. The summed E-state index contributed by atoms with van der Waals surface area (Å²) in [6.07, 6.45) is 1.79. The highest BCUT2D eigenvalue weighted by atomic mass is 35.5. The molecule has 1 aliphatic rings. The Labute approximate surface area is 183 Å². The fourth-order valence-electron chi connectivity index (χ4n) is 3.23. The number of benzene rings is 2. The molecule has 0 bridgehead atoms. The van der Waals surface area contributed by atoms with Crippen LogP contribution in [0.5, 0.6) is 0 Å². The van der Waals surface area contributed by atoms with Crippen molar-refractivity contribution in [1.29, 1.82) is 0 Å². The van der Waals surface area contributed by atoms with Gasteiger partial charge in [-0.15, -0.1) is 11.3 Å². The van der Waals surface area contributed by atoms with E-state index in [4.69, 9.17) is 11.6 Å². The lowest BCUT2D eigenvalue weighted by Gasteiger charge is -2.13. The number of rotatable bonds is 5. The first-order valence-corrected chi connectivity index (χ1v) is 11.9. The summed E-state index contributed by atoms with van der Waals surface area (Å²) in [6, 6.07) is 14.2. The molecule has 1 aromatic heterocycles. The molecule has 1 aliphatic heterocycles. The van der Waals surface area contributed by atoms with Crippen molar-refractivity contribution in [2.24, 2.45) is 0 Å². The first kappa shape index (κ1) is 21.0. The van der Waals surface area contributed by atoms with Gasteiger partial charge in [0.05, 0.1) is 5.02 Å². The third kappa shape index (κ3) is 4.27. The summed E-state index contributed by atoms with van der Waals surface area (Å²) in [5, 5.41) is 2.60. The lowest BCUT2D eigenvalue weighted by Crippen LogP contribution is -2.27. The van der Waals surface area contributed by atoms with E-state index in [2.05, 4.69) is 5.32 Å². The van der Waals surface area contributed by atoms with Crippen LogP contribution in [0.25, 0.3) is 10.4 Å². The molecule has 9 heteroatoms. The number of halogens is 2. The van der Waals surface area contributed by atoms with E-state index in [1.807, 2.05) is 0 Å². The molecule has 1 N–H and O–H groups in total. The number of amides is 1. The monoisotopic (exact) mass is 464 g/mol. The summed E-state index contributed by atoms with van der Waals surface area (Å²) < 4.78 is 40.5. The Balaban J connectivity index is 1.49. The van der Waals surface area contributed by atoms with E-state index in [0.29, 0.717) is 28.5 Å². The summed E-state index contributed by atoms with van der Waals surface area (Å²) in [6.45, 7) is 1.14. The molecule has 0 radical (unpaired) electrons. The second kappa shape index (κ2) is 8.47. The zero-order valence-corrected chi connectivity index (χ0v) is 18.2. The maximum atomic E-state index is 13.2. The zero-order chi connectivity index (χ0) is 21.3. The second-order valence-electron chi connectivity index (χ2n) is 6.89. The molecular weight excluding hydrogens is 447 g/mol. The Morgan fingerprint density at radius 1 is 1.03 bits per heavy atom. The number of carbonyl (C=O) groups is 1. The summed E-state index contributed by atoms with van der Waals surface area (Å²) in [7, 11) is -3.44. The fourth-order valence-corrected chi connectivity index (χ4v) is 6.40. The van der Waals surface area contributed by atoms with E-state index in [1.165, 1.54) is 33.8 Å². The van der Waals surface area contributed by atoms with Crippen molar-refractivity contribution < 1.29 is 17.6 Å². The summed E-state index contributed by atoms with van der Waals surface area (Å²) in [5.74, 6) is -0.909. The predicted octanol–water partition coefficient (Wildman–Crippen LogP) is 5.24. The SMILES string of the molecule is O=C(Nc1ccc(F)c(Cl)c1)c1ccc(-c2ccc(S(=O)(=O)N3CCCC3)s2)cc1. The average Bonchev–Trinajstić information content (AvgIpc) is 3.44. The van der Waals surface area contributed by atoms with Gasteiger partial charge in [-0.05, 0) is 60.9 Å². The topological polar surface area (TPSA) is 66.5 Å². The molecular formula is C21H18ClFN2O3S2. The van der Waals surface area contributed by atoms with Gasteiger partial charge in [0.15, 0.2) is 0 Å². The van der Waals surface area contributed by atoms with Gasteiger partial charge in [-0.3, -0.25) is 4.79 Å². The summed E-state index contributed by atoms with van der Waals surface area (Å²) >= 11 is 6.96. The molecule has 5 nitrogen and oxygen atoms in total. The summed E-state index contributed by atoms with van der Waals surface area (Å²) in [4.78, 5) is 13.2. The Morgan fingerprint density at radius 3 is 2.40 bits per heavy atom. The van der Waals surface area contributed by atoms with Gasteiger partial charge < -0.3 is 5.32 Å². The van der Waals surface area contributed by atoms with Crippen LogP contribution in [0.3, 0.4) is 0 Å². The molecule has 1 saturated heterocycles. The van der Waals surface area contributed by atoms with E-state index >= 15 is 0 Å². The maximum absolute atomic E-state index is 13.2. The highest BCUT2D eigenvalue weighted by molar-refractivity contribution is 7.91. The van der Waals surface area contributed by atoms with E-state index in [1.54, 1.807) is 36.4 Å². The molecule has 0 unspecified atom stereocenters. The van der Waals surface area contributed by atoms with Crippen molar-refractivity contribution in [3.05, 3.63) is 71.0 Å². The van der Waals surface area contributed by atoms with E-state index < -0.39 is 15.8 Å². The second-order valence-corrected chi connectivity index (χ2v) is 10.5. The van der Waals surface area contributed by atoms with Gasteiger partial charge in [0.2, 0.25) is 0 Å². The minimum absolute atomic E-state index is 0.0690. The van der Waals surface area contributed by atoms with Crippen molar-refractivity contribution in [2.75, 3.05) is 18.4 Å². The lowest BCUT2D eigenvalue weighted by molar-refractivity contribution is 0.102. The van der Waals surface area contributed by atoms with Gasteiger partial charge in [0, 0.05) is 29.2 Å². The maximum Gasteiger partial charge on any atom is 0.255 e. The number of sulfonamides is 1. The molecule has 0 saturated carbocycles. The largest absolute Gasteiger partial charge is 0.322 e. The van der Waals surface area contributed by atoms with Crippen LogP contribution in [0.1, 0.15) is 23.2 Å². The molecule has 0 spiro atoms. The number of nitrogens with one attached hydrogen (secondary N) is 1. The number of anilines is 1. The van der Waals surface area contributed by atoms with Gasteiger partial charge in [-0.1, -0.05) is 23.7 Å². The number of thiophene rings is 1. The van der Waals surface area contributed by atoms with Crippen molar-refractivity contribution in [3.63, 3.8) is 0 Å². The molecule has 2 heterocycles. The zero-order valence-electron chi connectivity index (χ0n) is 15.8. The number of hydrogen-bond acceptors (Lipinski definition) is 4. The van der Waals surface area contributed by atoms with Crippen LogP contribution in [-0.4, -0.2) is 31.7 Å². The van der Waals surface area contributed by atoms with Crippen molar-refractivity contribution in [1.82, 2.24) is 4.31 Å². The fraction of sp³-hybridized carbons (Fsp3) is 0.190. The number of nitrogens with zero attached hydrogens (tertiary/aromatic N) is 1. The Hall–Kier alpha value is -2.26. The quantitative estimate of drug-likeness (QED) is 0.561. The van der Waals surface area contributed by atoms with Crippen LogP contribution < -0.4 is 5.32 Å². The average molecular weight is 465 g/mol. The molecule has 156 valence electrons. The van der Waals surface area contributed by atoms with E-state index in [-0.39, 0.29) is 10.9 Å². The van der Waals surface area contributed by atoms with E-state index in [0.717, 1.165) is 23.3 Å². The third-order valence-corrected chi connectivity index (χ3v) is 8.64. The molecule has 1 fully saturated rings. The highest BCUT2D eigenvalue weighted by Crippen LogP contribution is 2.33. The van der Waals surface area contributed by atoms with Crippen LogP contribution in [0, 0.1) is 5.82 Å². The van der Waals surface area contributed by atoms with Crippen LogP contribution in [0.15, 0.2) is 58.8 Å². The predicted molar refractivity (Wildman–Crippen MR) is 117 cm³/mol. The van der Waals surface area contributed by atoms with Crippen LogP contribution in [-0.2, 0) is 10.0 Å². The Bertz CT molecular complexity index is 1190. The third-order valence-electron chi connectivity index (χ3n) is 4.85. The minimum atomic E-state index is -3.44. The molecule has 4 rings (SSSR count). The molecule has 2 aromatic carbocycles. The molecule has 0 atom stereocenters. The van der Waals surface area contributed by atoms with E-state index in [9.17, 15) is 17.6 Å². The minimum Gasteiger partial charge on any atom is -0.322 e. The van der Waals surface area contributed by atoms with Gasteiger partial charge in [0.1, 0.15) is 10.0 Å². The van der Waals surface area contributed by atoms with Gasteiger partial charge in [-0.25, -0.2) is 12.8 Å². The molecule has 1 amide bonds. The standard InChI is InChI=1S/C21H18ClFN2O3S2/c22-17-13-16(7-8-18(17)23)24-21(26)15-5-3-14(4-6-15)19-9-10-20(29-19)30(27,28)25-11-1-2-12-25/h3-10,13H,1-2,11-12H2,(H,24,26). The Kier molecular flexibility index (Phi) is 5.92. The normalized spacial score (nSPS) is 14.7. The van der Waals surface area contributed by atoms with Gasteiger partial charge in [0.25, 0.3) is 15.9 Å². The van der Waals surface area contributed by atoms with Crippen molar-refractivity contribution in [3.8, 4) is 10.4 Å². The van der Waals surface area contributed by atoms with Gasteiger partial charge >= 0.3 is 0 Å². The molecule has 3 aromatic rings. The Morgan fingerprint density at radius 2 is 1.73 bits per heavy atom. The van der Waals surface area contributed by atoms with Crippen LogP contribution in [0.2, 0.25) is 5.02 Å².